The molecule has 0 unspecified atom stereocenters. The zero-order valence-electron chi connectivity index (χ0n) is 24.6. The predicted octanol–water partition coefficient (Wildman–Crippen LogP) is 11.3. The molecule has 3 heterocycles. The smallest absolute Gasteiger partial charge is 0.164 e. The third kappa shape index (κ3) is 4.66. The molecule has 0 saturated carbocycles. The van der Waals surface area contributed by atoms with Gasteiger partial charge in [-0.1, -0.05) is 121 Å². The summed E-state index contributed by atoms with van der Waals surface area (Å²) in [5.74, 6) is 1.84. The minimum Gasteiger partial charge on any atom is -0.456 e. The number of nitrogens with zero attached hydrogens (tertiary/aromatic N) is 3. The number of hydrogen-bond acceptors (Lipinski definition) is 5. The van der Waals surface area contributed by atoms with E-state index in [1.54, 1.807) is 11.3 Å². The van der Waals surface area contributed by atoms with E-state index in [1.807, 2.05) is 36.4 Å². The first kappa shape index (κ1) is 26.5. The molecule has 0 aliphatic heterocycles. The second-order valence-electron chi connectivity index (χ2n) is 11.3. The molecule has 9 aromatic rings. The van der Waals surface area contributed by atoms with Gasteiger partial charge in [0.15, 0.2) is 17.5 Å². The highest BCUT2D eigenvalue weighted by molar-refractivity contribution is 7.22. The molecule has 0 radical (unpaired) electrons. The van der Waals surface area contributed by atoms with E-state index < -0.39 is 0 Å². The molecule has 4 nitrogen and oxygen atoms in total. The average molecular weight is 608 g/mol. The van der Waals surface area contributed by atoms with Crippen LogP contribution in [0.2, 0.25) is 0 Å². The maximum absolute atomic E-state index is 6.23. The highest BCUT2D eigenvalue weighted by Crippen LogP contribution is 2.37. The van der Waals surface area contributed by atoms with Gasteiger partial charge in [-0.05, 0) is 52.4 Å². The van der Waals surface area contributed by atoms with Crippen molar-refractivity contribution in [3.8, 4) is 55.7 Å². The van der Waals surface area contributed by atoms with E-state index >= 15 is 0 Å². The third-order valence-corrected chi connectivity index (χ3v) is 9.54. The van der Waals surface area contributed by atoms with Gasteiger partial charge in [-0.3, -0.25) is 0 Å². The van der Waals surface area contributed by atoms with Crippen LogP contribution >= 0.6 is 11.3 Å². The lowest BCUT2D eigenvalue weighted by Crippen LogP contribution is -2.01. The number of hydrogen-bond donors (Lipinski definition) is 0. The summed E-state index contributed by atoms with van der Waals surface area (Å²) in [7, 11) is 0. The Kier molecular flexibility index (Phi) is 6.28. The second kappa shape index (κ2) is 10.9. The molecule has 0 aliphatic rings. The van der Waals surface area contributed by atoms with Gasteiger partial charge in [0.05, 0.1) is 0 Å². The van der Waals surface area contributed by atoms with Gasteiger partial charge in [-0.2, -0.15) is 0 Å². The molecule has 5 heteroatoms. The zero-order chi connectivity index (χ0) is 30.5. The SMILES string of the molecule is c1ccc(-c2ccccc2-c2nc(-c3ccc(-c4cc5ccccc5s4)cc3)nc(-c3ccc4c(c3)oc3ccccc34)n2)cc1. The maximum Gasteiger partial charge on any atom is 0.164 e. The molecule has 0 aliphatic carbocycles. The Labute approximate surface area is 269 Å². The lowest BCUT2D eigenvalue weighted by molar-refractivity contribution is 0.669. The first-order chi connectivity index (χ1) is 22.8. The summed E-state index contributed by atoms with van der Waals surface area (Å²) in [5.41, 5.74) is 7.76. The Balaban J connectivity index is 1.20. The molecule has 0 bridgehead atoms. The lowest BCUT2D eigenvalue weighted by atomic mass is 9.99. The highest BCUT2D eigenvalue weighted by Gasteiger charge is 2.17. The first-order valence-corrected chi connectivity index (χ1v) is 16.0. The van der Waals surface area contributed by atoms with E-state index in [1.165, 1.54) is 20.5 Å². The molecule has 0 N–H and O–H groups in total. The molecule has 0 fully saturated rings. The van der Waals surface area contributed by atoms with Crippen LogP contribution in [0.1, 0.15) is 0 Å². The highest BCUT2D eigenvalue weighted by atomic mass is 32.1. The second-order valence-corrected chi connectivity index (χ2v) is 12.3. The Bertz CT molecular complexity index is 2500. The average Bonchev–Trinajstić information content (AvgIpc) is 3.73. The van der Waals surface area contributed by atoms with Crippen LogP contribution in [0.15, 0.2) is 156 Å². The van der Waals surface area contributed by atoms with Gasteiger partial charge in [0.1, 0.15) is 11.2 Å². The van der Waals surface area contributed by atoms with Crippen molar-refractivity contribution in [2.75, 3.05) is 0 Å². The van der Waals surface area contributed by atoms with Crippen molar-refractivity contribution in [2.45, 2.75) is 0 Å². The number of fused-ring (bicyclic) bond motifs is 4. The van der Waals surface area contributed by atoms with Crippen molar-refractivity contribution in [3.05, 3.63) is 152 Å². The Morgan fingerprint density at radius 1 is 0.413 bits per heavy atom. The van der Waals surface area contributed by atoms with E-state index in [9.17, 15) is 0 Å². The van der Waals surface area contributed by atoms with Crippen molar-refractivity contribution in [1.82, 2.24) is 15.0 Å². The van der Waals surface area contributed by atoms with E-state index in [0.717, 1.165) is 49.8 Å². The molecule has 0 spiro atoms. The van der Waals surface area contributed by atoms with Crippen molar-refractivity contribution in [3.63, 3.8) is 0 Å². The molecule has 9 rings (SSSR count). The molecular weight excluding hydrogens is 583 g/mol. The molecule has 0 amide bonds. The summed E-state index contributed by atoms with van der Waals surface area (Å²) in [6.07, 6.45) is 0. The monoisotopic (exact) mass is 607 g/mol. The number of thiophene rings is 1. The zero-order valence-corrected chi connectivity index (χ0v) is 25.4. The van der Waals surface area contributed by atoms with Gasteiger partial charge >= 0.3 is 0 Å². The molecule has 46 heavy (non-hydrogen) atoms. The van der Waals surface area contributed by atoms with Gasteiger partial charge in [-0.25, -0.2) is 15.0 Å². The summed E-state index contributed by atoms with van der Waals surface area (Å²) >= 11 is 1.80. The van der Waals surface area contributed by atoms with Gasteiger partial charge in [0, 0.05) is 37.0 Å². The lowest BCUT2D eigenvalue weighted by Gasteiger charge is -2.12. The molecular formula is C41H25N3OS. The van der Waals surface area contributed by atoms with Crippen LogP contribution in [-0.4, -0.2) is 15.0 Å². The largest absolute Gasteiger partial charge is 0.456 e. The first-order valence-electron chi connectivity index (χ1n) is 15.2. The Morgan fingerprint density at radius 3 is 1.89 bits per heavy atom. The normalized spacial score (nSPS) is 11.5. The molecule has 0 saturated heterocycles. The van der Waals surface area contributed by atoms with Gasteiger partial charge in [-0.15, -0.1) is 11.3 Å². The van der Waals surface area contributed by atoms with Gasteiger partial charge in [0.25, 0.3) is 0 Å². The van der Waals surface area contributed by atoms with E-state index in [2.05, 4.69) is 115 Å². The van der Waals surface area contributed by atoms with E-state index in [4.69, 9.17) is 19.4 Å². The van der Waals surface area contributed by atoms with Crippen molar-refractivity contribution in [1.29, 1.82) is 0 Å². The van der Waals surface area contributed by atoms with Crippen LogP contribution in [0.5, 0.6) is 0 Å². The summed E-state index contributed by atoms with van der Waals surface area (Å²) in [6, 6.07) is 52.2. The summed E-state index contributed by atoms with van der Waals surface area (Å²) < 4.78 is 7.51. The van der Waals surface area contributed by atoms with Crippen LogP contribution in [0.3, 0.4) is 0 Å². The van der Waals surface area contributed by atoms with Gasteiger partial charge in [0.2, 0.25) is 0 Å². The number of rotatable bonds is 5. The molecule has 3 aromatic heterocycles. The number of furan rings is 1. The van der Waals surface area contributed by atoms with Crippen LogP contribution in [-0.2, 0) is 0 Å². The fourth-order valence-corrected chi connectivity index (χ4v) is 7.14. The van der Waals surface area contributed by atoms with Crippen molar-refractivity contribution < 1.29 is 4.42 Å². The van der Waals surface area contributed by atoms with Crippen molar-refractivity contribution >= 4 is 43.4 Å². The summed E-state index contributed by atoms with van der Waals surface area (Å²) in [6.45, 7) is 0. The topological polar surface area (TPSA) is 51.8 Å². The Hall–Kier alpha value is -5.91. The minimum absolute atomic E-state index is 0.596. The van der Waals surface area contributed by atoms with E-state index in [0.29, 0.717) is 17.5 Å². The van der Waals surface area contributed by atoms with Crippen LogP contribution in [0, 0.1) is 0 Å². The number of aromatic nitrogens is 3. The summed E-state index contributed by atoms with van der Waals surface area (Å²) in [5, 5.41) is 3.42. The van der Waals surface area contributed by atoms with Crippen LogP contribution < -0.4 is 0 Å². The fraction of sp³-hybridized carbons (Fsp3) is 0. The predicted molar refractivity (Wildman–Crippen MR) is 190 cm³/mol. The number of benzene rings is 6. The van der Waals surface area contributed by atoms with Crippen molar-refractivity contribution in [2.24, 2.45) is 0 Å². The fourth-order valence-electron chi connectivity index (χ4n) is 6.07. The van der Waals surface area contributed by atoms with Crippen LogP contribution in [0.4, 0.5) is 0 Å². The molecule has 0 atom stereocenters. The minimum atomic E-state index is 0.596. The van der Waals surface area contributed by atoms with Crippen LogP contribution in [0.25, 0.3) is 87.8 Å². The number of para-hydroxylation sites is 1. The molecule has 216 valence electrons. The quantitative estimate of drug-likeness (QED) is 0.195. The Morgan fingerprint density at radius 2 is 1.04 bits per heavy atom. The maximum atomic E-state index is 6.23. The standard InChI is InChI=1S/C41H25N3OS/c1-2-10-26(11-3-1)31-13-5-6-15-34(31)41-43-39(28-20-18-27(19-21-28)38-25-29-12-4-9-17-37(29)46-38)42-40(44-41)30-22-23-33-32-14-7-8-16-35(32)45-36(33)24-30/h1-25H. The third-order valence-electron chi connectivity index (χ3n) is 8.38. The van der Waals surface area contributed by atoms with E-state index in [-0.39, 0.29) is 0 Å². The van der Waals surface area contributed by atoms with Gasteiger partial charge < -0.3 is 4.42 Å². The molecule has 6 aromatic carbocycles. The summed E-state index contributed by atoms with van der Waals surface area (Å²) in [4.78, 5) is 16.4.